The Kier molecular flexibility index (Phi) is 3.97. The van der Waals surface area contributed by atoms with E-state index in [4.69, 9.17) is 0 Å². The number of carboxylic acids is 1. The molecule has 0 aliphatic rings. The predicted molar refractivity (Wildman–Crippen MR) is 68.8 cm³/mol. The van der Waals surface area contributed by atoms with Gasteiger partial charge in [0.05, 0.1) is 0 Å². The summed E-state index contributed by atoms with van der Waals surface area (Å²) in [6.45, 7) is 5.50. The van der Waals surface area contributed by atoms with Gasteiger partial charge >= 0.3 is 5.97 Å². The van der Waals surface area contributed by atoms with Gasteiger partial charge in [-0.15, -0.1) is 0 Å². The number of aliphatic carboxylic acids is 1. The minimum absolute atomic E-state index is 0.522. The first-order chi connectivity index (χ1) is 7.39. The van der Waals surface area contributed by atoms with Crippen LogP contribution in [0.15, 0.2) is 22.7 Å². The highest BCUT2D eigenvalue weighted by atomic mass is 79.9. The van der Waals surface area contributed by atoms with E-state index < -0.39 is 11.5 Å². The van der Waals surface area contributed by atoms with Gasteiger partial charge in [0.2, 0.25) is 0 Å². The van der Waals surface area contributed by atoms with Gasteiger partial charge < -0.3 is 10.4 Å². The first-order valence-corrected chi connectivity index (χ1v) is 5.96. The third kappa shape index (κ3) is 2.76. The molecule has 0 spiro atoms. The number of hydrogen-bond acceptors (Lipinski definition) is 2. The molecule has 0 aromatic heterocycles. The van der Waals surface area contributed by atoms with Gasteiger partial charge in [0.15, 0.2) is 0 Å². The van der Waals surface area contributed by atoms with E-state index in [0.29, 0.717) is 6.42 Å². The number of rotatable bonds is 4. The summed E-state index contributed by atoms with van der Waals surface area (Å²) < 4.78 is 0.935. The Morgan fingerprint density at radius 3 is 2.69 bits per heavy atom. The van der Waals surface area contributed by atoms with Crippen molar-refractivity contribution in [2.24, 2.45) is 0 Å². The molecule has 4 heteroatoms. The molecule has 88 valence electrons. The molecule has 0 saturated heterocycles. The highest BCUT2D eigenvalue weighted by Gasteiger charge is 2.31. The lowest BCUT2D eigenvalue weighted by Gasteiger charge is -2.27. The molecule has 0 amide bonds. The van der Waals surface area contributed by atoms with E-state index in [1.807, 2.05) is 32.0 Å². The number of halogens is 1. The van der Waals surface area contributed by atoms with E-state index in [1.165, 1.54) is 0 Å². The summed E-state index contributed by atoms with van der Waals surface area (Å²) in [7, 11) is 0. The molecule has 3 nitrogen and oxygen atoms in total. The molecule has 2 N–H and O–H groups in total. The first kappa shape index (κ1) is 13.0. The van der Waals surface area contributed by atoms with Crippen molar-refractivity contribution in [3.8, 4) is 0 Å². The average molecular weight is 286 g/mol. The van der Waals surface area contributed by atoms with Crippen LogP contribution in [0.3, 0.4) is 0 Å². The molecule has 1 aromatic carbocycles. The normalized spacial score (nSPS) is 14.2. The summed E-state index contributed by atoms with van der Waals surface area (Å²) in [5, 5.41) is 12.3. The SMILES string of the molecule is CCC(C)(Nc1cc(Br)ccc1C)C(=O)O. The number of aryl methyl sites for hydroxylation is 1. The van der Waals surface area contributed by atoms with Crippen molar-refractivity contribution in [2.75, 3.05) is 5.32 Å². The van der Waals surface area contributed by atoms with Crippen LogP contribution in [0.2, 0.25) is 0 Å². The second kappa shape index (κ2) is 4.87. The quantitative estimate of drug-likeness (QED) is 0.891. The van der Waals surface area contributed by atoms with Gasteiger partial charge in [-0.1, -0.05) is 28.9 Å². The molecular formula is C12H16BrNO2. The van der Waals surface area contributed by atoms with Crippen molar-refractivity contribution in [1.29, 1.82) is 0 Å². The predicted octanol–water partition coefficient (Wildman–Crippen LogP) is 3.42. The smallest absolute Gasteiger partial charge is 0.329 e. The van der Waals surface area contributed by atoms with Crippen LogP contribution in [-0.4, -0.2) is 16.6 Å². The molecule has 1 atom stereocenters. The van der Waals surface area contributed by atoms with E-state index in [1.54, 1.807) is 6.92 Å². The fraction of sp³-hybridized carbons (Fsp3) is 0.417. The van der Waals surface area contributed by atoms with Gasteiger partial charge in [0, 0.05) is 10.2 Å². The molecule has 0 aliphatic carbocycles. The zero-order valence-electron chi connectivity index (χ0n) is 9.67. The van der Waals surface area contributed by atoms with E-state index in [0.717, 1.165) is 15.7 Å². The molecule has 0 bridgehead atoms. The molecular weight excluding hydrogens is 270 g/mol. The number of hydrogen-bond donors (Lipinski definition) is 2. The zero-order chi connectivity index (χ0) is 12.3. The van der Waals surface area contributed by atoms with Crippen molar-refractivity contribution >= 4 is 27.6 Å². The Balaban J connectivity index is 3.03. The van der Waals surface area contributed by atoms with Gasteiger partial charge in [0.1, 0.15) is 5.54 Å². The minimum Gasteiger partial charge on any atom is -0.480 e. The van der Waals surface area contributed by atoms with Crippen molar-refractivity contribution < 1.29 is 9.90 Å². The lowest BCUT2D eigenvalue weighted by molar-refractivity contribution is -0.141. The van der Waals surface area contributed by atoms with Gasteiger partial charge in [-0.25, -0.2) is 4.79 Å². The van der Waals surface area contributed by atoms with Crippen LogP contribution in [0.25, 0.3) is 0 Å². The second-order valence-electron chi connectivity index (χ2n) is 4.08. The first-order valence-electron chi connectivity index (χ1n) is 5.17. The molecule has 1 aromatic rings. The molecule has 16 heavy (non-hydrogen) atoms. The van der Waals surface area contributed by atoms with E-state index in [-0.39, 0.29) is 0 Å². The van der Waals surface area contributed by atoms with Gasteiger partial charge in [-0.2, -0.15) is 0 Å². The lowest BCUT2D eigenvalue weighted by atomic mass is 9.98. The second-order valence-corrected chi connectivity index (χ2v) is 4.99. The maximum Gasteiger partial charge on any atom is 0.329 e. The van der Waals surface area contributed by atoms with Crippen LogP contribution in [-0.2, 0) is 4.79 Å². The summed E-state index contributed by atoms with van der Waals surface area (Å²) >= 11 is 3.38. The van der Waals surface area contributed by atoms with Crippen LogP contribution in [0.4, 0.5) is 5.69 Å². The number of nitrogens with one attached hydrogen (secondary N) is 1. The van der Waals surface area contributed by atoms with Gasteiger partial charge in [-0.05, 0) is 38.0 Å². The molecule has 0 heterocycles. The summed E-state index contributed by atoms with van der Waals surface area (Å²) in [6, 6.07) is 5.78. The topological polar surface area (TPSA) is 49.3 Å². The summed E-state index contributed by atoms with van der Waals surface area (Å²) in [5.74, 6) is -0.839. The Hall–Kier alpha value is -1.03. The molecule has 0 saturated carbocycles. The highest BCUT2D eigenvalue weighted by molar-refractivity contribution is 9.10. The number of benzene rings is 1. The lowest BCUT2D eigenvalue weighted by Crippen LogP contribution is -2.42. The fourth-order valence-electron chi connectivity index (χ4n) is 1.32. The van der Waals surface area contributed by atoms with Crippen LogP contribution >= 0.6 is 15.9 Å². The van der Waals surface area contributed by atoms with Crippen LogP contribution in [0.1, 0.15) is 25.8 Å². The molecule has 0 fully saturated rings. The number of anilines is 1. The van der Waals surface area contributed by atoms with Crippen molar-refractivity contribution in [1.82, 2.24) is 0 Å². The Bertz CT molecular complexity index is 406. The Morgan fingerprint density at radius 2 is 2.19 bits per heavy atom. The van der Waals surface area contributed by atoms with Crippen molar-refractivity contribution in [2.45, 2.75) is 32.7 Å². The summed E-state index contributed by atoms with van der Waals surface area (Å²) in [5.41, 5.74) is 0.955. The van der Waals surface area contributed by atoms with Crippen molar-refractivity contribution in [3.63, 3.8) is 0 Å². The van der Waals surface area contributed by atoms with Gasteiger partial charge in [-0.3, -0.25) is 0 Å². The Labute approximate surface area is 104 Å². The average Bonchev–Trinajstić information content (AvgIpc) is 2.23. The van der Waals surface area contributed by atoms with Crippen molar-refractivity contribution in [3.05, 3.63) is 28.2 Å². The highest BCUT2D eigenvalue weighted by Crippen LogP contribution is 2.25. The molecule has 0 aliphatic heterocycles. The number of carbonyl (C=O) groups is 1. The monoisotopic (exact) mass is 285 g/mol. The maximum atomic E-state index is 11.2. The fourth-order valence-corrected chi connectivity index (χ4v) is 1.68. The standard InChI is InChI=1S/C12H16BrNO2/c1-4-12(3,11(15)16)14-10-7-9(13)6-5-8(10)2/h5-7,14H,4H2,1-3H3,(H,15,16). The third-order valence-corrected chi connectivity index (χ3v) is 3.28. The van der Waals surface area contributed by atoms with E-state index in [9.17, 15) is 9.90 Å². The third-order valence-electron chi connectivity index (χ3n) is 2.79. The molecule has 1 unspecified atom stereocenters. The summed E-state index contributed by atoms with van der Waals surface area (Å²) in [6.07, 6.45) is 0.522. The Morgan fingerprint density at radius 1 is 1.56 bits per heavy atom. The van der Waals surface area contributed by atoms with Crippen LogP contribution in [0.5, 0.6) is 0 Å². The van der Waals surface area contributed by atoms with Crippen LogP contribution in [0, 0.1) is 6.92 Å². The summed E-state index contributed by atoms with van der Waals surface area (Å²) in [4.78, 5) is 11.2. The molecule has 0 radical (unpaired) electrons. The van der Waals surface area contributed by atoms with E-state index >= 15 is 0 Å². The molecule has 1 rings (SSSR count). The maximum absolute atomic E-state index is 11.2. The minimum atomic E-state index is -0.925. The van der Waals surface area contributed by atoms with Gasteiger partial charge in [0.25, 0.3) is 0 Å². The van der Waals surface area contributed by atoms with Crippen LogP contribution < -0.4 is 5.32 Å². The largest absolute Gasteiger partial charge is 0.480 e. The number of carboxylic acid groups (broad SMARTS) is 1. The zero-order valence-corrected chi connectivity index (χ0v) is 11.3. The van der Waals surface area contributed by atoms with E-state index in [2.05, 4.69) is 21.2 Å².